The molecule has 2 saturated carbocycles. The van der Waals surface area contributed by atoms with E-state index in [1.165, 1.54) is 0 Å². The van der Waals surface area contributed by atoms with Gasteiger partial charge in [-0.2, -0.15) is 10.2 Å². The topological polar surface area (TPSA) is 156 Å². The van der Waals surface area contributed by atoms with Crippen molar-refractivity contribution in [3.8, 4) is 11.3 Å². The molecular weight excluding hydrogens is 586 g/mol. The summed E-state index contributed by atoms with van der Waals surface area (Å²) in [6.45, 7) is 2.60. The number of fused-ring (bicyclic) bond motifs is 2. The minimum absolute atomic E-state index is 0.0955. The third kappa shape index (κ3) is 4.43. The zero-order valence-electron chi connectivity index (χ0n) is 25.1. The Kier molecular flexibility index (Phi) is 6.14. The van der Waals surface area contributed by atoms with E-state index in [0.717, 1.165) is 83.8 Å². The third-order valence-corrected chi connectivity index (χ3v) is 10.2. The standard InChI is InChI=1S/C33H33N9O4/c43-29-6-5-27(31(44)38-29)41-32(45)23-4-3-20(9-24(23)33(41)46)35-11-17-7-21(8-17)40-16-25(30(39-40)18-1-2-18)26-10-28-19(12-36-26)13-37-42(28)22-14-34-15-22/h3-4,9-10,12-13,16-18,21-22,27,34-35H,1-2,5-8,11,14-15H2,(H,38,43,44)/t17-,21-,27?. The number of anilines is 1. The Bertz CT molecular complexity index is 1950. The normalized spacial score (nSPS) is 24.6. The molecule has 1 atom stereocenters. The molecule has 0 spiro atoms. The van der Waals surface area contributed by atoms with Crippen molar-refractivity contribution in [2.24, 2.45) is 5.92 Å². The molecule has 2 aliphatic carbocycles. The van der Waals surface area contributed by atoms with Crippen molar-refractivity contribution in [3.05, 3.63) is 59.7 Å². The minimum Gasteiger partial charge on any atom is -0.385 e. The van der Waals surface area contributed by atoms with Crippen molar-refractivity contribution in [1.82, 2.24) is 40.1 Å². The fourth-order valence-electron chi connectivity index (χ4n) is 7.20. The number of benzene rings is 1. The maximum Gasteiger partial charge on any atom is 0.262 e. The highest BCUT2D eigenvalue weighted by molar-refractivity contribution is 6.23. The second-order valence-corrected chi connectivity index (χ2v) is 13.3. The van der Waals surface area contributed by atoms with Gasteiger partial charge in [0, 0.05) is 61.0 Å². The van der Waals surface area contributed by atoms with E-state index in [4.69, 9.17) is 10.1 Å². The number of nitrogens with zero attached hydrogens (tertiary/aromatic N) is 6. The lowest BCUT2D eigenvalue weighted by molar-refractivity contribution is -0.136. The van der Waals surface area contributed by atoms with Crippen molar-refractivity contribution in [2.75, 3.05) is 25.0 Å². The maximum atomic E-state index is 13.2. The van der Waals surface area contributed by atoms with E-state index in [1.54, 1.807) is 18.2 Å². The number of carbonyl (C=O) groups excluding carboxylic acids is 4. The van der Waals surface area contributed by atoms with Gasteiger partial charge < -0.3 is 10.6 Å². The summed E-state index contributed by atoms with van der Waals surface area (Å²) in [5.74, 6) is -1.06. The predicted octanol–water partition coefficient (Wildman–Crippen LogP) is 2.78. The molecule has 4 fully saturated rings. The molecule has 0 bridgehead atoms. The second kappa shape index (κ2) is 10.3. The number of imide groups is 2. The molecule has 2 saturated heterocycles. The SMILES string of the molecule is O=C1CCC(N2C(=O)c3ccc(NC[C@H]4C[C@H](n5cc(-c6cc7c(cn6)cnn7C6CNC6)c(C6CC6)n5)C4)cc3C2=O)C(=O)N1. The van der Waals surface area contributed by atoms with Crippen LogP contribution in [0.5, 0.6) is 0 Å². The molecule has 9 rings (SSSR count). The van der Waals surface area contributed by atoms with Crippen molar-refractivity contribution in [3.63, 3.8) is 0 Å². The van der Waals surface area contributed by atoms with E-state index in [1.807, 2.05) is 12.4 Å². The molecule has 3 N–H and O–H groups in total. The van der Waals surface area contributed by atoms with E-state index in [2.05, 4.69) is 42.7 Å². The van der Waals surface area contributed by atoms with Crippen LogP contribution in [0.1, 0.15) is 82.9 Å². The highest BCUT2D eigenvalue weighted by Gasteiger charge is 2.44. The summed E-state index contributed by atoms with van der Waals surface area (Å²) < 4.78 is 4.26. The van der Waals surface area contributed by atoms with Gasteiger partial charge in [-0.1, -0.05) is 0 Å². The molecule has 13 heteroatoms. The van der Waals surface area contributed by atoms with Gasteiger partial charge in [-0.15, -0.1) is 0 Å². The maximum absolute atomic E-state index is 13.2. The summed E-state index contributed by atoms with van der Waals surface area (Å²) in [6.07, 6.45) is 10.5. The minimum atomic E-state index is -0.969. The molecule has 3 aliphatic heterocycles. The number of hydrogen-bond donors (Lipinski definition) is 3. The predicted molar refractivity (Wildman–Crippen MR) is 166 cm³/mol. The van der Waals surface area contributed by atoms with Gasteiger partial charge in [-0.25, -0.2) is 0 Å². The van der Waals surface area contributed by atoms with Gasteiger partial charge in [0.05, 0.1) is 46.3 Å². The van der Waals surface area contributed by atoms with Crippen LogP contribution in [-0.4, -0.2) is 78.7 Å². The van der Waals surface area contributed by atoms with Gasteiger partial charge in [-0.05, 0) is 62.3 Å². The molecule has 4 amide bonds. The lowest BCUT2D eigenvalue weighted by atomic mass is 9.80. The summed E-state index contributed by atoms with van der Waals surface area (Å²) in [6, 6.07) is 7.02. The van der Waals surface area contributed by atoms with Crippen LogP contribution in [-0.2, 0) is 9.59 Å². The van der Waals surface area contributed by atoms with Crippen LogP contribution >= 0.6 is 0 Å². The molecular formula is C33H33N9O4. The van der Waals surface area contributed by atoms with Crippen molar-refractivity contribution in [2.45, 2.75) is 62.6 Å². The number of pyridine rings is 1. The largest absolute Gasteiger partial charge is 0.385 e. The van der Waals surface area contributed by atoms with E-state index < -0.39 is 23.8 Å². The van der Waals surface area contributed by atoms with Crippen molar-refractivity contribution < 1.29 is 19.2 Å². The zero-order chi connectivity index (χ0) is 31.1. The summed E-state index contributed by atoms with van der Waals surface area (Å²) in [4.78, 5) is 55.9. The zero-order valence-corrected chi connectivity index (χ0v) is 25.1. The summed E-state index contributed by atoms with van der Waals surface area (Å²) >= 11 is 0. The Hall–Kier alpha value is -4.91. The number of nitrogens with one attached hydrogen (secondary N) is 3. The van der Waals surface area contributed by atoms with E-state index >= 15 is 0 Å². The van der Waals surface area contributed by atoms with Gasteiger partial charge >= 0.3 is 0 Å². The number of aromatic nitrogens is 5. The molecule has 0 radical (unpaired) electrons. The molecule has 4 aromatic rings. The number of hydrogen-bond acceptors (Lipinski definition) is 9. The first-order chi connectivity index (χ1) is 22.4. The van der Waals surface area contributed by atoms with Crippen LogP contribution in [0, 0.1) is 5.92 Å². The Morgan fingerprint density at radius 2 is 1.74 bits per heavy atom. The van der Waals surface area contributed by atoms with Crippen molar-refractivity contribution in [1.29, 1.82) is 0 Å². The quantitative estimate of drug-likeness (QED) is 0.253. The summed E-state index contributed by atoms with van der Waals surface area (Å²) in [7, 11) is 0. The van der Waals surface area contributed by atoms with Crippen LogP contribution in [0.3, 0.4) is 0 Å². The first-order valence-corrected chi connectivity index (χ1v) is 16.1. The highest BCUT2D eigenvalue weighted by atomic mass is 16.2. The Balaban J connectivity index is 0.865. The first kappa shape index (κ1) is 27.4. The Morgan fingerprint density at radius 1 is 0.913 bits per heavy atom. The average molecular weight is 620 g/mol. The molecule has 6 heterocycles. The lowest BCUT2D eigenvalue weighted by Crippen LogP contribution is -2.54. The van der Waals surface area contributed by atoms with E-state index in [9.17, 15) is 19.2 Å². The molecule has 46 heavy (non-hydrogen) atoms. The highest BCUT2D eigenvalue weighted by Crippen LogP contribution is 2.46. The van der Waals surface area contributed by atoms with Gasteiger partial charge in [0.1, 0.15) is 6.04 Å². The average Bonchev–Trinajstić information content (AvgIpc) is 3.55. The van der Waals surface area contributed by atoms with Gasteiger partial charge in [0.2, 0.25) is 11.8 Å². The van der Waals surface area contributed by atoms with Gasteiger partial charge in [-0.3, -0.25) is 43.7 Å². The van der Waals surface area contributed by atoms with Crippen LogP contribution in [0.2, 0.25) is 0 Å². The monoisotopic (exact) mass is 619 g/mol. The Labute approximate surface area is 263 Å². The second-order valence-electron chi connectivity index (χ2n) is 13.3. The fraction of sp³-hybridized carbons (Fsp3) is 0.424. The smallest absolute Gasteiger partial charge is 0.262 e. The Morgan fingerprint density at radius 3 is 2.50 bits per heavy atom. The molecule has 5 aliphatic rings. The van der Waals surface area contributed by atoms with Gasteiger partial charge in [0.25, 0.3) is 11.8 Å². The molecule has 1 aromatic carbocycles. The number of rotatable bonds is 8. The molecule has 234 valence electrons. The number of amides is 4. The van der Waals surface area contributed by atoms with Gasteiger partial charge in [0.15, 0.2) is 0 Å². The van der Waals surface area contributed by atoms with E-state index in [-0.39, 0.29) is 29.9 Å². The molecule has 1 unspecified atom stereocenters. The molecule has 3 aromatic heterocycles. The number of carbonyl (C=O) groups is 4. The summed E-state index contributed by atoms with van der Waals surface area (Å²) in [5.41, 5.74) is 5.65. The third-order valence-electron chi connectivity index (χ3n) is 10.2. The van der Waals surface area contributed by atoms with Crippen LogP contribution in [0.4, 0.5) is 5.69 Å². The van der Waals surface area contributed by atoms with Crippen LogP contribution < -0.4 is 16.0 Å². The number of piperidine rings is 1. The fourth-order valence-corrected chi connectivity index (χ4v) is 7.20. The van der Waals surface area contributed by atoms with E-state index in [0.29, 0.717) is 23.9 Å². The first-order valence-electron chi connectivity index (χ1n) is 16.1. The molecule has 13 nitrogen and oxygen atoms in total. The van der Waals surface area contributed by atoms with Crippen LogP contribution in [0.25, 0.3) is 22.2 Å². The lowest BCUT2D eigenvalue weighted by Gasteiger charge is -2.35. The summed E-state index contributed by atoms with van der Waals surface area (Å²) in [5, 5.41) is 19.8. The van der Waals surface area contributed by atoms with Crippen molar-refractivity contribution >= 4 is 40.2 Å². The van der Waals surface area contributed by atoms with Crippen LogP contribution in [0.15, 0.2) is 42.9 Å².